The van der Waals surface area contributed by atoms with Gasteiger partial charge < -0.3 is 26.0 Å². The Morgan fingerprint density at radius 2 is 1.84 bits per heavy atom. The number of amides is 3. The van der Waals surface area contributed by atoms with Crippen molar-refractivity contribution in [3.05, 3.63) is 0 Å². The zero-order valence-electron chi connectivity index (χ0n) is 19.4. The number of carbonyl (C=O) groups is 3. The first-order valence-electron chi connectivity index (χ1n) is 11.6. The molecular formula is C22H40N4O4S. The summed E-state index contributed by atoms with van der Waals surface area (Å²) in [6.45, 7) is 9.00. The second kappa shape index (κ2) is 11.9. The van der Waals surface area contributed by atoms with Crippen LogP contribution < -0.4 is 16.4 Å². The van der Waals surface area contributed by atoms with Crippen LogP contribution in [-0.2, 0) is 14.3 Å². The van der Waals surface area contributed by atoms with Crippen LogP contribution in [0.5, 0.6) is 0 Å². The van der Waals surface area contributed by atoms with Crippen molar-refractivity contribution in [2.75, 3.05) is 25.4 Å². The quantitative estimate of drug-likeness (QED) is 0.490. The van der Waals surface area contributed by atoms with Gasteiger partial charge in [-0.05, 0) is 71.0 Å². The maximum Gasteiger partial charge on any atom is 0.407 e. The number of ether oxygens (including phenoxy) is 1. The van der Waals surface area contributed by atoms with Crippen molar-refractivity contribution in [3.8, 4) is 0 Å². The maximum absolute atomic E-state index is 13.5. The first-order chi connectivity index (χ1) is 14.7. The first-order valence-corrected chi connectivity index (χ1v) is 12.6. The second-order valence-electron chi connectivity index (χ2n) is 9.05. The Kier molecular flexibility index (Phi) is 9.93. The molecule has 1 aliphatic carbocycles. The molecule has 0 aromatic heterocycles. The molecule has 2 fully saturated rings. The third-order valence-corrected chi connectivity index (χ3v) is 7.56. The number of nitrogens with zero attached hydrogens (tertiary/aromatic N) is 1. The number of hydrogen-bond acceptors (Lipinski definition) is 6. The molecule has 0 aromatic rings. The molecule has 1 aliphatic heterocycles. The second-order valence-corrected chi connectivity index (χ2v) is 11.0. The Labute approximate surface area is 190 Å². The average Bonchev–Trinajstić information content (AvgIpc) is 3.21. The highest BCUT2D eigenvalue weighted by atomic mass is 32.2. The Hall–Kier alpha value is -1.48. The Morgan fingerprint density at radius 3 is 2.45 bits per heavy atom. The average molecular weight is 457 g/mol. The van der Waals surface area contributed by atoms with Gasteiger partial charge in [-0.25, -0.2) is 4.79 Å². The van der Waals surface area contributed by atoms with Crippen molar-refractivity contribution < 1.29 is 19.1 Å². The van der Waals surface area contributed by atoms with Gasteiger partial charge in [-0.3, -0.25) is 9.59 Å². The summed E-state index contributed by atoms with van der Waals surface area (Å²) in [6, 6.07) is -0.986. The molecule has 1 saturated carbocycles. The van der Waals surface area contributed by atoms with E-state index in [4.69, 9.17) is 10.5 Å². The summed E-state index contributed by atoms with van der Waals surface area (Å²) >= 11 is 1.60. The number of nitrogens with one attached hydrogen (secondary N) is 2. The van der Waals surface area contributed by atoms with Gasteiger partial charge in [0.25, 0.3) is 0 Å². The molecule has 2 aliphatic rings. The van der Waals surface area contributed by atoms with Crippen LogP contribution in [0.1, 0.15) is 66.2 Å². The van der Waals surface area contributed by atoms with E-state index in [1.165, 1.54) is 0 Å². The minimum atomic E-state index is -0.773. The lowest BCUT2D eigenvalue weighted by Crippen LogP contribution is -2.60. The first kappa shape index (κ1) is 25.8. The number of carbonyl (C=O) groups excluding carboxylic acids is 3. The zero-order chi connectivity index (χ0) is 23.0. The SMILES string of the molecule is CCOC(=O)N[C@@H](C(=O)N1CCC[C@H]1C(=O)NC[C@H]1CC[C@H](N)CC1)C(C)(C)SCC. The largest absolute Gasteiger partial charge is 0.450 e. The number of alkyl carbamates (subject to hydrolysis) is 1. The van der Waals surface area contributed by atoms with Gasteiger partial charge in [-0.15, -0.1) is 0 Å². The van der Waals surface area contributed by atoms with Crippen molar-refractivity contribution in [3.63, 3.8) is 0 Å². The van der Waals surface area contributed by atoms with Crippen LogP contribution in [0.15, 0.2) is 0 Å². The summed E-state index contributed by atoms with van der Waals surface area (Å²) in [7, 11) is 0. The molecule has 8 nitrogen and oxygen atoms in total. The van der Waals surface area contributed by atoms with E-state index in [-0.39, 0.29) is 24.5 Å². The molecule has 31 heavy (non-hydrogen) atoms. The summed E-state index contributed by atoms with van der Waals surface area (Å²) in [4.78, 5) is 40.2. The lowest BCUT2D eigenvalue weighted by atomic mass is 9.86. The van der Waals surface area contributed by atoms with Crippen molar-refractivity contribution in [1.82, 2.24) is 15.5 Å². The molecular weight excluding hydrogens is 416 g/mol. The number of hydrogen-bond donors (Lipinski definition) is 3. The third-order valence-electron chi connectivity index (χ3n) is 6.29. The summed E-state index contributed by atoms with van der Waals surface area (Å²) in [5, 5.41) is 5.82. The molecule has 0 spiro atoms. The van der Waals surface area contributed by atoms with Crippen LogP contribution in [0.4, 0.5) is 4.79 Å². The van der Waals surface area contributed by atoms with Crippen LogP contribution >= 0.6 is 11.8 Å². The van der Waals surface area contributed by atoms with E-state index in [1.54, 1.807) is 23.6 Å². The van der Waals surface area contributed by atoms with Crippen molar-refractivity contribution >= 4 is 29.7 Å². The lowest BCUT2D eigenvalue weighted by molar-refractivity contribution is -0.140. The predicted octanol–water partition coefficient (Wildman–Crippen LogP) is 2.26. The minimum Gasteiger partial charge on any atom is -0.450 e. The van der Waals surface area contributed by atoms with E-state index < -0.39 is 22.9 Å². The minimum absolute atomic E-state index is 0.100. The van der Waals surface area contributed by atoms with E-state index in [2.05, 4.69) is 10.6 Å². The van der Waals surface area contributed by atoms with E-state index in [0.717, 1.165) is 37.9 Å². The number of rotatable bonds is 9. The normalized spacial score (nSPS) is 25.1. The molecule has 0 bridgehead atoms. The number of nitrogens with two attached hydrogens (primary N) is 1. The molecule has 0 radical (unpaired) electrons. The molecule has 0 aromatic carbocycles. The fraction of sp³-hybridized carbons (Fsp3) is 0.864. The van der Waals surface area contributed by atoms with Gasteiger partial charge in [-0.1, -0.05) is 6.92 Å². The molecule has 178 valence electrons. The highest BCUT2D eigenvalue weighted by molar-refractivity contribution is 8.00. The number of likely N-dealkylation sites (tertiary alicyclic amines) is 1. The molecule has 2 rings (SSSR count). The van der Waals surface area contributed by atoms with Gasteiger partial charge >= 0.3 is 6.09 Å². The van der Waals surface area contributed by atoms with Gasteiger partial charge in [0, 0.05) is 23.9 Å². The molecule has 9 heteroatoms. The Bertz CT molecular complexity index is 623. The van der Waals surface area contributed by atoms with Gasteiger partial charge in [0.15, 0.2) is 0 Å². The van der Waals surface area contributed by atoms with Gasteiger partial charge in [0.2, 0.25) is 11.8 Å². The summed E-state index contributed by atoms with van der Waals surface area (Å²) < 4.78 is 4.49. The van der Waals surface area contributed by atoms with Crippen LogP contribution in [0.2, 0.25) is 0 Å². The molecule has 3 amide bonds. The van der Waals surface area contributed by atoms with E-state index in [9.17, 15) is 14.4 Å². The molecule has 2 atom stereocenters. The topological polar surface area (TPSA) is 114 Å². The van der Waals surface area contributed by atoms with Crippen LogP contribution in [0, 0.1) is 5.92 Å². The Balaban J connectivity index is 2.04. The third kappa shape index (κ3) is 7.27. The van der Waals surface area contributed by atoms with Gasteiger partial charge in [-0.2, -0.15) is 11.8 Å². The molecule has 1 heterocycles. The monoisotopic (exact) mass is 456 g/mol. The zero-order valence-corrected chi connectivity index (χ0v) is 20.3. The maximum atomic E-state index is 13.5. The fourth-order valence-electron chi connectivity index (χ4n) is 4.50. The van der Waals surface area contributed by atoms with Crippen LogP contribution in [0.3, 0.4) is 0 Å². The van der Waals surface area contributed by atoms with Crippen molar-refractivity contribution in [1.29, 1.82) is 0 Å². The van der Waals surface area contributed by atoms with E-state index in [1.807, 2.05) is 20.8 Å². The van der Waals surface area contributed by atoms with E-state index in [0.29, 0.717) is 25.4 Å². The summed E-state index contributed by atoms with van der Waals surface area (Å²) in [5.41, 5.74) is 5.97. The fourth-order valence-corrected chi connectivity index (χ4v) is 5.57. The molecule has 0 unspecified atom stereocenters. The summed E-state index contributed by atoms with van der Waals surface area (Å²) in [5.74, 6) is 0.931. The van der Waals surface area contributed by atoms with Crippen molar-refractivity contribution in [2.24, 2.45) is 11.7 Å². The standard InChI is InChI=1S/C22H40N4O4S/c1-5-30-21(29)25-18(22(3,4)31-6-2)20(28)26-13-7-8-17(26)19(27)24-14-15-9-11-16(23)12-10-15/h15-18H,5-14,23H2,1-4H3,(H,24,27)(H,25,29)/t15-,16-,17-,18-/m0/s1. The molecule has 4 N–H and O–H groups in total. The molecule has 1 saturated heterocycles. The predicted molar refractivity (Wildman–Crippen MR) is 124 cm³/mol. The van der Waals surface area contributed by atoms with Crippen molar-refractivity contribution in [2.45, 2.75) is 89.1 Å². The Morgan fingerprint density at radius 1 is 1.16 bits per heavy atom. The van der Waals surface area contributed by atoms with E-state index >= 15 is 0 Å². The van der Waals surface area contributed by atoms with Gasteiger partial charge in [0.05, 0.1) is 6.61 Å². The van der Waals surface area contributed by atoms with Crippen LogP contribution in [-0.4, -0.2) is 71.1 Å². The number of thioether (sulfide) groups is 1. The van der Waals surface area contributed by atoms with Gasteiger partial charge in [0.1, 0.15) is 12.1 Å². The van der Waals surface area contributed by atoms with Crippen LogP contribution in [0.25, 0.3) is 0 Å². The lowest BCUT2D eigenvalue weighted by Gasteiger charge is -2.37. The smallest absolute Gasteiger partial charge is 0.407 e. The highest BCUT2D eigenvalue weighted by Gasteiger charge is 2.44. The highest BCUT2D eigenvalue weighted by Crippen LogP contribution is 2.31. The summed E-state index contributed by atoms with van der Waals surface area (Å²) in [6.07, 6.45) is 4.86.